The number of fused-ring (bicyclic) bond motifs is 2. The van der Waals surface area contributed by atoms with Crippen molar-refractivity contribution in [1.82, 2.24) is 64.9 Å². The highest BCUT2D eigenvalue weighted by Gasteiger charge is 2.40. The maximum Gasteiger partial charge on any atom is 0.400 e. The van der Waals surface area contributed by atoms with E-state index in [-0.39, 0.29) is 79.6 Å². The molecule has 29 nitrogen and oxygen atoms in total. The van der Waals surface area contributed by atoms with Crippen LogP contribution in [-0.4, -0.2) is 161 Å². The van der Waals surface area contributed by atoms with Crippen molar-refractivity contribution in [1.29, 1.82) is 0 Å². The lowest BCUT2D eigenvalue weighted by Crippen LogP contribution is -2.42. The monoisotopic (exact) mass is 1900 g/mol. The summed E-state index contributed by atoms with van der Waals surface area (Å²) in [6.07, 6.45) is 16.6. The molecule has 4 aromatic carbocycles. The van der Waals surface area contributed by atoms with Gasteiger partial charge in [0.1, 0.15) is 18.5 Å². The van der Waals surface area contributed by atoms with Crippen LogP contribution in [0.5, 0.6) is 0 Å². The molecule has 5 aromatic heterocycles. The van der Waals surface area contributed by atoms with Crippen molar-refractivity contribution in [2.45, 2.75) is 170 Å². The fourth-order valence-electron chi connectivity index (χ4n) is 8.34. The number of carbonyl (C=O) groups is 5. The molecule has 0 bridgehead atoms. The summed E-state index contributed by atoms with van der Waals surface area (Å²) >= 11 is 16.6. The first-order chi connectivity index (χ1) is 50.4. The first-order valence-corrected chi connectivity index (χ1v) is 40.6. The number of halogens is 7. The predicted octanol–water partition coefficient (Wildman–Crippen LogP) is 13.0. The number of hydrogen-bond donors (Lipinski definition) is 9. The molecule has 4 amide bonds. The zero-order chi connectivity index (χ0) is 80.8. The molecule has 108 heavy (non-hydrogen) atoms. The first kappa shape index (κ1) is 99.6. The van der Waals surface area contributed by atoms with E-state index in [1.54, 1.807) is 136 Å². The van der Waals surface area contributed by atoms with E-state index < -0.39 is 31.8 Å². The van der Waals surface area contributed by atoms with Gasteiger partial charge in [-0.25, -0.2) is 12.6 Å². The van der Waals surface area contributed by atoms with Crippen LogP contribution in [0.15, 0.2) is 194 Å². The molecule has 0 saturated carbocycles. The van der Waals surface area contributed by atoms with Gasteiger partial charge < -0.3 is 26.4 Å². The predicted molar refractivity (Wildman–Crippen MR) is 438 cm³/mol. The van der Waals surface area contributed by atoms with E-state index >= 15 is 0 Å². The van der Waals surface area contributed by atoms with Gasteiger partial charge in [0.2, 0.25) is 9.23 Å². The standard InChI is InChI=1S/C15H14BrN3O2.C14H18BrN3.C8H5NO2.C7H12BrN3.C7H11BrN2O.C7H6O.C4H8O4S.C4H10O2.C3H3BrN2.CH4.Cl2OS.H4N2/c1-9(18-8-11(16)7-17-18)10(2)19-14(20)12-5-3-4-6-13(12)15(19)21;1-11(12(2)18-10-14(15)9-17-18)16-8-13-6-4-3-5-7-13;10-7-5-3-1-2-4-6(5)8(11)9-7;1-5(9)6(2)11-4-7(8)3-10-11;1-5(6(2)11)10-4-7(8)3-9-10;8-6-7-4-2-1-3-5-7;1-3-4(2)8-9(5,6)7-3;1-3(5)4(2)6;4-3-1-5-6-2-3;;1-4(2)3;1-2/h3-10H,1-2H3;3-7,9-12,16H,8H2,1-2H3;1-4H,(H,9,10,11);3-6H,9H2,1-2H3;3-6,11H,1-2H3;1-6H;3-4H,1-2H3;3-6H,1-2H3;1-2H,(H,5,6);1H4;;1-2H2/t9-,10-;11-,12-;;5-,6-;5-,6+;;2*3-,4-;;;;/m00.00.11..../s1. The highest BCUT2D eigenvalue weighted by atomic mass is 79.9. The zero-order valence-corrected chi connectivity index (χ0v) is 71.5. The highest BCUT2D eigenvalue weighted by molar-refractivity contribution is 9.11. The summed E-state index contributed by atoms with van der Waals surface area (Å²) in [5.41, 5.74) is 9.62. The molecule has 3 aliphatic rings. The molecule has 0 spiro atoms. The number of H-pyrrole nitrogens is 1. The van der Waals surface area contributed by atoms with Gasteiger partial charge in [-0.05, 0) is 193 Å². The lowest BCUT2D eigenvalue weighted by molar-refractivity contribution is 0.0438. The maximum absolute atomic E-state index is 12.5. The number of nitrogens with zero attached hydrogens (tertiary/aromatic N) is 10. The number of carbonyl (C=O) groups excluding carboxylic acids is 5. The summed E-state index contributed by atoms with van der Waals surface area (Å²) < 4.78 is 50.8. The second kappa shape index (κ2) is 52.0. The number of aliphatic hydroxyl groups is 3. The highest BCUT2D eigenvalue weighted by Crippen LogP contribution is 2.29. The quantitative estimate of drug-likeness (QED) is 0.0160. The summed E-state index contributed by atoms with van der Waals surface area (Å²) in [4.78, 5) is 58.1. The summed E-state index contributed by atoms with van der Waals surface area (Å²) in [7, 11) is 3.71. The zero-order valence-electron chi connectivity index (χ0n) is 60.5. The molecule has 1 saturated heterocycles. The third-order valence-corrected chi connectivity index (χ3v) is 18.6. The number of hydrazine groups is 1. The average molecular weight is 1900 g/mol. The van der Waals surface area contributed by atoms with E-state index in [9.17, 15) is 37.5 Å². The molecule has 9 aromatic rings. The molecule has 0 unspecified atom stereocenters. The van der Waals surface area contributed by atoms with Crippen LogP contribution in [0, 0.1) is 0 Å². The number of amides is 4. The van der Waals surface area contributed by atoms with Crippen LogP contribution < -0.4 is 28.1 Å². The van der Waals surface area contributed by atoms with Gasteiger partial charge in [-0.3, -0.25) is 69.7 Å². The van der Waals surface area contributed by atoms with Crippen LogP contribution in [0.2, 0.25) is 0 Å². The Morgan fingerprint density at radius 1 is 0.546 bits per heavy atom. The Kier molecular flexibility index (Phi) is 47.9. The van der Waals surface area contributed by atoms with Crippen molar-refractivity contribution >= 4 is 151 Å². The second-order valence-corrected chi connectivity index (χ2v) is 31.8. The Hall–Kier alpha value is -6.40. The summed E-state index contributed by atoms with van der Waals surface area (Å²) in [6.45, 7) is 23.1. The average Bonchev–Trinajstić information content (AvgIpc) is 1.62. The molecule has 0 aliphatic carbocycles. The second-order valence-electron chi connectivity index (χ2n) is 23.5. The van der Waals surface area contributed by atoms with Crippen molar-refractivity contribution in [3.8, 4) is 0 Å². The minimum absolute atomic E-state index is 0. The fraction of sp³-hybridized carbons (Fsp3) is 0.371. The molecule has 1 fully saturated rings. The number of nitrogens with one attached hydrogen (secondary N) is 3. The van der Waals surface area contributed by atoms with Gasteiger partial charge in [0.15, 0.2) is 0 Å². The summed E-state index contributed by atoms with van der Waals surface area (Å²) in [5, 5.41) is 54.7. The fourth-order valence-corrected chi connectivity index (χ4v) is 10.8. The van der Waals surface area contributed by atoms with Crippen molar-refractivity contribution in [2.24, 2.45) is 17.4 Å². The first-order valence-electron chi connectivity index (χ1n) is 32.5. The Balaban J connectivity index is 0.000000617. The van der Waals surface area contributed by atoms with Gasteiger partial charge in [-0.1, -0.05) is 92.4 Å². The lowest BCUT2D eigenvalue weighted by atomic mass is 10.1. The SMILES string of the molecule is Brc1cn[nH]c1.C.C[C@@H](O)[C@@H](C)O.C[C@@H](O)[C@H](C)n1cc(Br)cn1.C[C@@H]([C@H](C)n1cc(Br)cn1)N1C(=O)c2ccccc2C1=O.C[C@H](N)[C@H](C)n1cc(Br)cn1.C[C@H](NCc1ccccc1)[C@H](C)n1cc(Br)cn1.C[C@H]1OS(=O)(=O)O[C@@H]1C.NN.O=C1NC(=O)c2ccccc21.O=Cc1ccccc1.O=S(Cl)Cl. The number of benzene rings is 4. The van der Waals surface area contributed by atoms with E-state index in [2.05, 4.69) is 200 Å². The molecule has 0 radical (unpaired) electrons. The van der Waals surface area contributed by atoms with Crippen LogP contribution in [0.3, 0.4) is 0 Å². The Morgan fingerprint density at radius 3 is 1.19 bits per heavy atom. The van der Waals surface area contributed by atoms with Gasteiger partial charge in [-0.15, -0.1) is 0 Å². The van der Waals surface area contributed by atoms with Gasteiger partial charge in [0, 0.05) is 76.5 Å². The van der Waals surface area contributed by atoms with E-state index in [1.807, 2.05) is 99.2 Å². The maximum atomic E-state index is 12.5. The van der Waals surface area contributed by atoms with Gasteiger partial charge in [0.25, 0.3) is 23.6 Å². The van der Waals surface area contributed by atoms with E-state index in [1.165, 1.54) is 10.5 Å². The topological polar surface area (TPSA) is 421 Å². The van der Waals surface area contributed by atoms with Gasteiger partial charge in [0.05, 0.1) is 124 Å². The van der Waals surface area contributed by atoms with Crippen LogP contribution in [0.1, 0.15) is 172 Å². The number of aromatic nitrogens is 10. The van der Waals surface area contributed by atoms with Crippen molar-refractivity contribution < 1.29 is 60.3 Å². The Labute approximate surface area is 684 Å². The van der Waals surface area contributed by atoms with Crippen LogP contribution >= 0.6 is 101 Å². The van der Waals surface area contributed by atoms with Crippen molar-refractivity contribution in [3.05, 3.63) is 227 Å². The molecule has 8 heterocycles. The largest absolute Gasteiger partial charge is 0.400 e. The third kappa shape index (κ3) is 36.2. The van der Waals surface area contributed by atoms with Gasteiger partial charge >= 0.3 is 10.4 Å². The number of aromatic amines is 1. The molecule has 3 aliphatic heterocycles. The molecule has 594 valence electrons. The van der Waals surface area contributed by atoms with Gasteiger partial charge in [-0.2, -0.15) is 33.9 Å². The van der Waals surface area contributed by atoms with Crippen molar-refractivity contribution in [2.75, 3.05) is 0 Å². The lowest BCUT2D eigenvalue weighted by Gasteiger charge is -2.28. The molecule has 12 atom stereocenters. The van der Waals surface area contributed by atoms with Crippen LogP contribution in [0.4, 0.5) is 0 Å². The summed E-state index contributed by atoms with van der Waals surface area (Å²) in [5.74, 6) is 6.93. The number of imide groups is 2. The number of aliphatic hydroxyl groups excluding tert-OH is 3. The number of aldehydes is 1. The minimum atomic E-state index is -3.64. The third-order valence-electron chi connectivity index (χ3n) is 15.5. The minimum Gasteiger partial charge on any atom is -0.391 e. The van der Waals surface area contributed by atoms with Crippen molar-refractivity contribution in [3.63, 3.8) is 0 Å². The smallest absolute Gasteiger partial charge is 0.391 e. The molecule has 38 heteroatoms. The van der Waals surface area contributed by atoms with E-state index in [0.717, 1.165) is 40.8 Å². The number of nitrogens with two attached hydrogens (primary N) is 3. The Morgan fingerprint density at radius 2 is 0.898 bits per heavy atom. The Bertz CT molecular complexity index is 4080. The van der Waals surface area contributed by atoms with E-state index in [0.29, 0.717) is 34.3 Å². The molecule has 12 rings (SSSR count). The summed E-state index contributed by atoms with van der Waals surface area (Å²) in [6, 6.07) is 33.9. The molecular formula is C70H95Br5Cl2N16O13S2. The number of hydrogen-bond acceptors (Lipinski definition) is 22. The molecule has 12 N–H and O–H groups in total. The molecular weight excluding hydrogens is 1810 g/mol. The van der Waals surface area contributed by atoms with E-state index in [4.69, 9.17) is 20.2 Å². The number of rotatable bonds is 14. The van der Waals surface area contributed by atoms with Crippen LogP contribution in [-0.2, 0) is 34.5 Å². The van der Waals surface area contributed by atoms with Crippen LogP contribution in [0.25, 0.3) is 0 Å². The normalized spacial score (nSPS) is 16.6.